The minimum absolute atomic E-state index is 0.385. The van der Waals surface area contributed by atoms with E-state index in [1.54, 1.807) is 12.4 Å². The van der Waals surface area contributed by atoms with E-state index in [4.69, 9.17) is 19.8 Å². The Morgan fingerprint density at radius 1 is 0.525 bits per heavy atom. The predicted octanol–water partition coefficient (Wildman–Crippen LogP) is 6.65. The van der Waals surface area contributed by atoms with Gasteiger partial charge in [0, 0.05) is 56.2 Å². The molecule has 2 aromatic heterocycles. The number of carboxylic acids is 2. The largest absolute Gasteiger partial charge is 0.490 e. The molecule has 0 atom stereocenters. The number of ketones is 2. The molecule has 4 rings (SSSR count). The minimum Gasteiger partial charge on any atom is -0.475 e. The van der Waals surface area contributed by atoms with E-state index < -0.39 is 47.7 Å². The molecule has 2 aromatic carbocycles. The van der Waals surface area contributed by atoms with Gasteiger partial charge in [-0.2, -0.15) is 26.3 Å². The van der Waals surface area contributed by atoms with Crippen molar-refractivity contribution >= 4 is 89.0 Å². The molecule has 0 radical (unpaired) electrons. The van der Waals surface area contributed by atoms with E-state index in [1.165, 1.54) is 6.42 Å². The van der Waals surface area contributed by atoms with Crippen LogP contribution in [0.5, 0.6) is 0 Å². The Hall–Kier alpha value is -4.80. The van der Waals surface area contributed by atoms with Gasteiger partial charge in [0.05, 0.1) is 11.1 Å². The molecule has 0 saturated heterocycles. The van der Waals surface area contributed by atoms with Crippen LogP contribution in [-0.4, -0.2) is 107 Å². The molecular formula is C37H42Br2F6N6O8. The van der Waals surface area contributed by atoms with Crippen LogP contribution in [0, 0.1) is 0 Å². The van der Waals surface area contributed by atoms with Crippen LogP contribution >= 0.6 is 31.9 Å². The van der Waals surface area contributed by atoms with E-state index in [0.717, 1.165) is 95.5 Å². The number of carbonyl (C=O) groups excluding carboxylic acids is 4. The molecule has 0 saturated carbocycles. The van der Waals surface area contributed by atoms with Gasteiger partial charge >= 0.3 is 24.3 Å². The van der Waals surface area contributed by atoms with Crippen molar-refractivity contribution in [3.05, 3.63) is 68.9 Å². The van der Waals surface area contributed by atoms with Crippen molar-refractivity contribution in [3.8, 4) is 0 Å². The highest BCUT2D eigenvalue weighted by atomic mass is 79.9. The number of aromatic nitrogens is 2. The average Bonchev–Trinajstić information content (AvgIpc) is 3.78. The predicted molar refractivity (Wildman–Crippen MR) is 212 cm³/mol. The molecule has 0 spiro atoms. The molecule has 4 aromatic rings. The SMILES string of the molecule is O=C(NCCCNCCCCCCCNCCCNC(=O)C(=O)c1c[nH]c2cc(Br)ccc12)C(=O)c1c[nH]c2cc(Br)ccc12.O=C(O)C(F)(F)F.O=C(O)C(F)(F)F. The van der Waals surface area contributed by atoms with Crippen molar-refractivity contribution in [1.82, 2.24) is 31.2 Å². The third-order valence-corrected chi connectivity index (χ3v) is 9.00. The Bertz CT molecular complexity index is 1900. The maximum Gasteiger partial charge on any atom is 0.490 e. The zero-order valence-corrected chi connectivity index (χ0v) is 34.4. The van der Waals surface area contributed by atoms with Gasteiger partial charge in [-0.15, -0.1) is 0 Å². The number of unbranched alkanes of at least 4 members (excludes halogenated alkanes) is 4. The van der Waals surface area contributed by atoms with Gasteiger partial charge in [-0.3, -0.25) is 19.2 Å². The first-order valence-electron chi connectivity index (χ1n) is 17.9. The van der Waals surface area contributed by atoms with Crippen LogP contribution in [0.15, 0.2) is 57.7 Å². The number of alkyl halides is 6. The summed E-state index contributed by atoms with van der Waals surface area (Å²) >= 11 is 6.81. The number of carbonyl (C=O) groups is 6. The second-order valence-electron chi connectivity index (χ2n) is 12.5. The topological polar surface area (TPSA) is 223 Å². The van der Waals surface area contributed by atoms with Crippen molar-refractivity contribution < 1.29 is 65.3 Å². The molecule has 2 heterocycles. The highest BCUT2D eigenvalue weighted by Crippen LogP contribution is 2.24. The van der Waals surface area contributed by atoms with Gasteiger partial charge in [-0.25, -0.2) is 9.59 Å². The van der Waals surface area contributed by atoms with E-state index in [9.17, 15) is 45.5 Å². The summed E-state index contributed by atoms with van der Waals surface area (Å²) < 4.78 is 65.3. The number of aromatic amines is 2. The van der Waals surface area contributed by atoms with Gasteiger partial charge in [-0.1, -0.05) is 63.3 Å². The highest BCUT2D eigenvalue weighted by molar-refractivity contribution is 9.10. The maximum atomic E-state index is 12.5. The number of hydrogen-bond donors (Lipinski definition) is 8. The summed E-state index contributed by atoms with van der Waals surface area (Å²) in [5.41, 5.74) is 2.39. The van der Waals surface area contributed by atoms with Crippen molar-refractivity contribution in [1.29, 1.82) is 0 Å². The maximum absolute atomic E-state index is 12.5. The number of benzene rings is 2. The summed E-state index contributed by atoms with van der Waals surface area (Å²) in [4.78, 5) is 73.5. The van der Waals surface area contributed by atoms with E-state index >= 15 is 0 Å². The molecule has 2 amide bonds. The second kappa shape index (κ2) is 25.0. The molecule has 14 nitrogen and oxygen atoms in total. The lowest BCUT2D eigenvalue weighted by atomic mass is 10.1. The summed E-state index contributed by atoms with van der Waals surface area (Å²) in [5.74, 6) is -7.73. The number of Topliss-reactive ketones (excluding diaryl/α,β-unsaturated/α-hetero) is 2. The quantitative estimate of drug-likeness (QED) is 0.0204. The lowest BCUT2D eigenvalue weighted by Crippen LogP contribution is -2.33. The van der Waals surface area contributed by atoms with E-state index in [1.807, 2.05) is 36.4 Å². The number of nitrogens with one attached hydrogen (secondary N) is 6. The average molecular weight is 973 g/mol. The molecule has 0 bridgehead atoms. The number of fused-ring (bicyclic) bond motifs is 2. The molecule has 0 unspecified atom stereocenters. The van der Waals surface area contributed by atoms with Crippen LogP contribution in [0.25, 0.3) is 21.8 Å². The first-order valence-corrected chi connectivity index (χ1v) is 19.5. The third kappa shape index (κ3) is 18.3. The molecular weight excluding hydrogens is 930 g/mol. The number of hydrogen-bond acceptors (Lipinski definition) is 8. The first-order chi connectivity index (χ1) is 27.7. The van der Waals surface area contributed by atoms with Gasteiger partial charge in [-0.05, 0) is 76.1 Å². The van der Waals surface area contributed by atoms with E-state index in [-0.39, 0.29) is 0 Å². The van der Waals surface area contributed by atoms with Crippen LogP contribution in [0.4, 0.5) is 26.3 Å². The van der Waals surface area contributed by atoms with Gasteiger partial charge in [0.15, 0.2) is 0 Å². The summed E-state index contributed by atoms with van der Waals surface area (Å²) in [7, 11) is 0. The first kappa shape index (κ1) is 50.3. The molecule has 22 heteroatoms. The second-order valence-corrected chi connectivity index (χ2v) is 14.4. The molecule has 0 aliphatic rings. The van der Waals surface area contributed by atoms with Gasteiger partial charge < -0.3 is 41.4 Å². The van der Waals surface area contributed by atoms with Gasteiger partial charge in [0.1, 0.15) is 0 Å². The Kier molecular flexibility index (Phi) is 21.3. The molecule has 0 aliphatic carbocycles. The van der Waals surface area contributed by atoms with Crippen LogP contribution in [-0.2, 0) is 19.2 Å². The molecule has 8 N–H and O–H groups in total. The zero-order chi connectivity index (χ0) is 44.2. The van der Waals surface area contributed by atoms with Crippen LogP contribution in [0.3, 0.4) is 0 Å². The Morgan fingerprint density at radius 3 is 1.19 bits per heavy atom. The number of rotatable bonds is 20. The monoisotopic (exact) mass is 970 g/mol. The number of carboxylic acid groups (broad SMARTS) is 2. The minimum atomic E-state index is -5.08. The summed E-state index contributed by atoms with van der Waals surface area (Å²) in [6.45, 7) is 4.34. The molecule has 0 fully saturated rings. The highest BCUT2D eigenvalue weighted by Gasteiger charge is 2.39. The molecule has 0 aliphatic heterocycles. The van der Waals surface area contributed by atoms with Crippen LogP contribution < -0.4 is 21.3 Å². The summed E-state index contributed by atoms with van der Waals surface area (Å²) in [6, 6.07) is 11.1. The van der Waals surface area contributed by atoms with Gasteiger partial charge in [0.25, 0.3) is 23.4 Å². The number of H-pyrrole nitrogens is 2. The standard InChI is InChI=1S/C33H40Br2N6O4.2C2HF3O2/c34-22-8-10-24-26(20-40-28(24)18-22)30(42)32(44)38-16-6-14-36-12-4-2-1-3-5-13-37-15-7-17-39-33(45)31(43)27-21-41-29-19-23(35)9-11-25(27)29;2*3-2(4,5)1(6)7/h8-11,18-21,36-37,40-41H,1-7,12-17H2,(H,38,44)(H,39,45);2*(H,6,7). The van der Waals surface area contributed by atoms with Gasteiger partial charge in [0.2, 0.25) is 0 Å². The van der Waals surface area contributed by atoms with Crippen molar-refractivity contribution in [3.63, 3.8) is 0 Å². The lowest BCUT2D eigenvalue weighted by molar-refractivity contribution is -0.193. The van der Waals surface area contributed by atoms with Crippen molar-refractivity contribution in [2.75, 3.05) is 39.3 Å². The molecule has 324 valence electrons. The number of halogens is 8. The number of aliphatic carboxylic acids is 2. The van der Waals surface area contributed by atoms with Crippen LogP contribution in [0.1, 0.15) is 65.7 Å². The normalized spacial score (nSPS) is 11.3. The van der Waals surface area contributed by atoms with Crippen LogP contribution in [0.2, 0.25) is 0 Å². The van der Waals surface area contributed by atoms with Crippen molar-refractivity contribution in [2.24, 2.45) is 0 Å². The fraction of sp³-hybridized carbons (Fsp3) is 0.405. The fourth-order valence-electron chi connectivity index (χ4n) is 5.09. The third-order valence-electron chi connectivity index (χ3n) is 8.01. The Labute approximate surface area is 349 Å². The van der Waals surface area contributed by atoms with E-state index in [2.05, 4.69) is 63.1 Å². The summed E-state index contributed by atoms with van der Waals surface area (Å²) in [5, 5.41) is 28.0. The van der Waals surface area contributed by atoms with E-state index in [0.29, 0.717) is 24.2 Å². The lowest BCUT2D eigenvalue weighted by Gasteiger charge is -2.07. The smallest absolute Gasteiger partial charge is 0.475 e. The Balaban J connectivity index is 0.000000732. The zero-order valence-electron chi connectivity index (χ0n) is 31.2. The fourth-order valence-corrected chi connectivity index (χ4v) is 5.81. The Morgan fingerprint density at radius 2 is 0.847 bits per heavy atom. The number of amides is 2. The van der Waals surface area contributed by atoms with Crippen molar-refractivity contribution in [2.45, 2.75) is 57.3 Å². The summed E-state index contributed by atoms with van der Waals surface area (Å²) in [6.07, 6.45) is 0.212. The molecule has 59 heavy (non-hydrogen) atoms.